The van der Waals surface area contributed by atoms with Gasteiger partial charge in [-0.25, -0.2) is 0 Å². The molecule has 0 saturated carbocycles. The lowest BCUT2D eigenvalue weighted by Gasteiger charge is -2.37. The second-order valence-electron chi connectivity index (χ2n) is 4.07. The number of piperazine rings is 1. The van der Waals surface area contributed by atoms with E-state index < -0.39 is 0 Å². The highest BCUT2D eigenvalue weighted by atomic mass is 15.3. The number of amidine groups is 1. The molecule has 1 atom stereocenters. The van der Waals surface area contributed by atoms with Crippen molar-refractivity contribution in [2.24, 2.45) is 10.7 Å². The fraction of sp³-hybridized carbons (Fsp3) is 0.900. The Labute approximate surface area is 86.8 Å². The van der Waals surface area contributed by atoms with Crippen LogP contribution in [0.3, 0.4) is 0 Å². The minimum absolute atomic E-state index is 0.306. The molecule has 14 heavy (non-hydrogen) atoms. The van der Waals surface area contributed by atoms with E-state index in [0.29, 0.717) is 6.04 Å². The van der Waals surface area contributed by atoms with E-state index in [1.807, 2.05) is 0 Å². The molecule has 0 bridgehead atoms. The second-order valence-corrected chi connectivity index (χ2v) is 4.07. The van der Waals surface area contributed by atoms with Crippen LogP contribution in [0.5, 0.6) is 0 Å². The first-order valence-electron chi connectivity index (χ1n) is 5.33. The summed E-state index contributed by atoms with van der Waals surface area (Å²) >= 11 is 0. The molecule has 1 saturated heterocycles. The van der Waals surface area contributed by atoms with Crippen LogP contribution in [0.15, 0.2) is 4.99 Å². The number of rotatable bonds is 3. The molecule has 1 unspecified atom stereocenters. The standard InChI is InChI=1S/C10H22N4/c1-4-5-12-10(11)9-8-13(2)6-7-14(9)3/h9H,4-8H2,1-3H3,(H2,11,12). The predicted molar refractivity (Wildman–Crippen MR) is 60.7 cm³/mol. The van der Waals surface area contributed by atoms with Crippen molar-refractivity contribution in [3.8, 4) is 0 Å². The fourth-order valence-corrected chi connectivity index (χ4v) is 1.68. The highest BCUT2D eigenvalue weighted by Crippen LogP contribution is 2.05. The number of hydrogen-bond acceptors (Lipinski definition) is 3. The zero-order valence-electron chi connectivity index (χ0n) is 9.53. The Kier molecular flexibility index (Phi) is 4.35. The monoisotopic (exact) mass is 198 g/mol. The minimum atomic E-state index is 0.306. The number of nitrogens with zero attached hydrogens (tertiary/aromatic N) is 3. The van der Waals surface area contributed by atoms with Crippen LogP contribution in [0.4, 0.5) is 0 Å². The van der Waals surface area contributed by atoms with Crippen LogP contribution >= 0.6 is 0 Å². The van der Waals surface area contributed by atoms with Crippen LogP contribution in [0.1, 0.15) is 13.3 Å². The van der Waals surface area contributed by atoms with Gasteiger partial charge >= 0.3 is 0 Å². The van der Waals surface area contributed by atoms with Gasteiger partial charge in [-0.1, -0.05) is 6.92 Å². The SMILES string of the molecule is CCCN=C(N)C1CN(C)CCN1C. The molecule has 0 spiro atoms. The number of nitrogens with two attached hydrogens (primary N) is 1. The highest BCUT2D eigenvalue weighted by Gasteiger charge is 2.24. The van der Waals surface area contributed by atoms with Crippen molar-refractivity contribution in [2.45, 2.75) is 19.4 Å². The van der Waals surface area contributed by atoms with Crippen LogP contribution in [-0.2, 0) is 0 Å². The van der Waals surface area contributed by atoms with Crippen molar-refractivity contribution in [3.63, 3.8) is 0 Å². The Bertz CT molecular complexity index is 202. The van der Waals surface area contributed by atoms with E-state index in [4.69, 9.17) is 5.73 Å². The van der Waals surface area contributed by atoms with Gasteiger partial charge in [0, 0.05) is 26.2 Å². The third-order valence-electron chi connectivity index (χ3n) is 2.71. The molecule has 1 aliphatic rings. The van der Waals surface area contributed by atoms with E-state index in [1.54, 1.807) is 0 Å². The summed E-state index contributed by atoms with van der Waals surface area (Å²) in [5.74, 6) is 0.793. The summed E-state index contributed by atoms with van der Waals surface area (Å²) in [4.78, 5) is 8.97. The van der Waals surface area contributed by atoms with Crippen LogP contribution in [0.2, 0.25) is 0 Å². The van der Waals surface area contributed by atoms with Gasteiger partial charge in [0.1, 0.15) is 5.84 Å². The van der Waals surface area contributed by atoms with Crippen LogP contribution in [-0.4, -0.2) is 62.0 Å². The van der Waals surface area contributed by atoms with Crippen LogP contribution in [0.25, 0.3) is 0 Å². The van der Waals surface area contributed by atoms with Crippen molar-refractivity contribution in [3.05, 3.63) is 0 Å². The highest BCUT2D eigenvalue weighted by molar-refractivity contribution is 5.86. The van der Waals surface area contributed by atoms with Crippen molar-refractivity contribution in [1.82, 2.24) is 9.80 Å². The van der Waals surface area contributed by atoms with Crippen molar-refractivity contribution in [2.75, 3.05) is 40.3 Å². The summed E-state index contributed by atoms with van der Waals surface area (Å²) in [6.45, 7) is 6.15. The molecule has 1 aliphatic heterocycles. The smallest absolute Gasteiger partial charge is 0.112 e. The summed E-state index contributed by atoms with van der Waals surface area (Å²) in [5.41, 5.74) is 5.97. The normalized spacial score (nSPS) is 26.8. The van der Waals surface area contributed by atoms with Gasteiger partial charge in [0.15, 0.2) is 0 Å². The quantitative estimate of drug-likeness (QED) is 0.513. The third kappa shape index (κ3) is 2.96. The average molecular weight is 198 g/mol. The summed E-state index contributed by atoms with van der Waals surface area (Å²) in [6.07, 6.45) is 1.06. The predicted octanol–water partition coefficient (Wildman–Crippen LogP) is -0.000600. The van der Waals surface area contributed by atoms with Gasteiger partial charge in [-0.3, -0.25) is 9.89 Å². The summed E-state index contributed by atoms with van der Waals surface area (Å²) < 4.78 is 0. The third-order valence-corrected chi connectivity index (χ3v) is 2.71. The first-order valence-corrected chi connectivity index (χ1v) is 5.33. The van der Waals surface area contributed by atoms with Crippen molar-refractivity contribution >= 4 is 5.84 Å². The molecule has 1 fully saturated rings. The molecular formula is C10H22N4. The van der Waals surface area contributed by atoms with Gasteiger partial charge in [0.2, 0.25) is 0 Å². The lowest BCUT2D eigenvalue weighted by Crippen LogP contribution is -2.55. The Morgan fingerprint density at radius 3 is 2.79 bits per heavy atom. The van der Waals surface area contributed by atoms with Crippen molar-refractivity contribution in [1.29, 1.82) is 0 Å². The Balaban J connectivity index is 2.55. The van der Waals surface area contributed by atoms with E-state index in [9.17, 15) is 0 Å². The maximum atomic E-state index is 5.97. The first kappa shape index (κ1) is 11.5. The van der Waals surface area contributed by atoms with E-state index in [-0.39, 0.29) is 0 Å². The Morgan fingerprint density at radius 2 is 2.14 bits per heavy atom. The fourth-order valence-electron chi connectivity index (χ4n) is 1.68. The Hall–Kier alpha value is -0.610. The molecule has 2 N–H and O–H groups in total. The summed E-state index contributed by atoms with van der Waals surface area (Å²) in [5, 5.41) is 0. The molecule has 4 heteroatoms. The molecule has 0 aromatic carbocycles. The zero-order chi connectivity index (χ0) is 10.6. The van der Waals surface area contributed by atoms with Crippen LogP contribution < -0.4 is 5.73 Å². The molecule has 0 aromatic rings. The van der Waals surface area contributed by atoms with Gasteiger partial charge in [0.05, 0.1) is 6.04 Å². The van der Waals surface area contributed by atoms with E-state index in [0.717, 1.165) is 38.4 Å². The molecule has 0 aromatic heterocycles. The largest absolute Gasteiger partial charge is 0.386 e. The Morgan fingerprint density at radius 1 is 1.43 bits per heavy atom. The van der Waals surface area contributed by atoms with Gasteiger partial charge < -0.3 is 10.6 Å². The van der Waals surface area contributed by atoms with E-state index in [1.165, 1.54) is 0 Å². The van der Waals surface area contributed by atoms with Crippen molar-refractivity contribution < 1.29 is 0 Å². The molecule has 4 nitrogen and oxygen atoms in total. The molecule has 0 amide bonds. The maximum Gasteiger partial charge on any atom is 0.112 e. The maximum absolute atomic E-state index is 5.97. The molecule has 0 aliphatic carbocycles. The number of aliphatic imine (C=N–C) groups is 1. The number of likely N-dealkylation sites (N-methyl/N-ethyl adjacent to an activating group) is 2. The topological polar surface area (TPSA) is 44.9 Å². The van der Waals surface area contributed by atoms with E-state index in [2.05, 4.69) is 35.8 Å². The molecule has 0 radical (unpaired) electrons. The molecule has 82 valence electrons. The lowest BCUT2D eigenvalue weighted by molar-refractivity contribution is 0.150. The second kappa shape index (κ2) is 5.32. The lowest BCUT2D eigenvalue weighted by atomic mass is 10.1. The van der Waals surface area contributed by atoms with E-state index >= 15 is 0 Å². The van der Waals surface area contributed by atoms with Gasteiger partial charge in [0.25, 0.3) is 0 Å². The summed E-state index contributed by atoms with van der Waals surface area (Å²) in [7, 11) is 4.25. The minimum Gasteiger partial charge on any atom is -0.386 e. The first-order chi connectivity index (χ1) is 6.65. The van der Waals surface area contributed by atoms with Gasteiger partial charge in [-0.05, 0) is 20.5 Å². The molecule has 1 heterocycles. The molecule has 1 rings (SSSR count). The summed E-state index contributed by atoms with van der Waals surface area (Å²) in [6, 6.07) is 0.306. The number of hydrogen-bond donors (Lipinski definition) is 1. The van der Waals surface area contributed by atoms with Crippen LogP contribution in [0, 0.1) is 0 Å². The zero-order valence-corrected chi connectivity index (χ0v) is 9.53. The average Bonchev–Trinajstić information content (AvgIpc) is 2.18. The van der Waals surface area contributed by atoms with Gasteiger partial charge in [-0.2, -0.15) is 0 Å². The molecular weight excluding hydrogens is 176 g/mol. The van der Waals surface area contributed by atoms with Gasteiger partial charge in [-0.15, -0.1) is 0 Å².